The van der Waals surface area contributed by atoms with Crippen molar-refractivity contribution in [3.8, 4) is 0 Å². The molecule has 2 rings (SSSR count). The summed E-state index contributed by atoms with van der Waals surface area (Å²) in [7, 11) is 0. The average molecular weight is 168 g/mol. The van der Waals surface area contributed by atoms with Crippen molar-refractivity contribution in [3.63, 3.8) is 0 Å². The lowest BCUT2D eigenvalue weighted by Gasteiger charge is -2.42. The zero-order valence-corrected chi connectivity index (χ0v) is 6.88. The number of aliphatic carboxylic acids is 1. The summed E-state index contributed by atoms with van der Waals surface area (Å²) in [6, 6.07) is 0. The standard InChI is InChI=1S/C9H12O3/c10-7-1-2-9(5-7)3-6(4-9)8(11)12/h6H,1-5H2,(H,11,12). The van der Waals surface area contributed by atoms with Crippen molar-refractivity contribution in [2.45, 2.75) is 32.1 Å². The Labute approximate surface area is 70.8 Å². The highest BCUT2D eigenvalue weighted by Crippen LogP contribution is 2.54. The molecule has 0 radical (unpaired) electrons. The van der Waals surface area contributed by atoms with Crippen LogP contribution in [-0.2, 0) is 9.59 Å². The molecule has 0 atom stereocenters. The van der Waals surface area contributed by atoms with Crippen LogP contribution in [0, 0.1) is 11.3 Å². The highest BCUT2D eigenvalue weighted by Gasteiger charge is 2.50. The van der Waals surface area contributed by atoms with Crippen molar-refractivity contribution in [3.05, 3.63) is 0 Å². The Morgan fingerprint density at radius 1 is 1.50 bits per heavy atom. The first kappa shape index (κ1) is 7.77. The van der Waals surface area contributed by atoms with Gasteiger partial charge >= 0.3 is 5.97 Å². The summed E-state index contributed by atoms with van der Waals surface area (Å²) in [4.78, 5) is 21.5. The molecule has 0 amide bonds. The molecule has 12 heavy (non-hydrogen) atoms. The minimum absolute atomic E-state index is 0.111. The molecule has 0 aliphatic heterocycles. The van der Waals surface area contributed by atoms with Crippen LogP contribution in [-0.4, -0.2) is 16.9 Å². The highest BCUT2D eigenvalue weighted by atomic mass is 16.4. The molecule has 2 aliphatic carbocycles. The van der Waals surface area contributed by atoms with Gasteiger partial charge in [-0.05, 0) is 24.7 Å². The minimum atomic E-state index is -0.694. The smallest absolute Gasteiger partial charge is 0.306 e. The summed E-state index contributed by atoms with van der Waals surface area (Å²) in [6.07, 6.45) is 3.70. The van der Waals surface area contributed by atoms with E-state index in [1.807, 2.05) is 0 Å². The summed E-state index contributed by atoms with van der Waals surface area (Å²) in [5.74, 6) is -0.547. The molecule has 0 unspecified atom stereocenters. The van der Waals surface area contributed by atoms with Gasteiger partial charge in [-0.1, -0.05) is 0 Å². The van der Waals surface area contributed by atoms with Gasteiger partial charge in [-0.15, -0.1) is 0 Å². The normalized spacial score (nSPS) is 40.0. The van der Waals surface area contributed by atoms with E-state index in [9.17, 15) is 9.59 Å². The Hall–Kier alpha value is -0.860. The molecule has 2 saturated carbocycles. The van der Waals surface area contributed by atoms with Crippen molar-refractivity contribution in [1.82, 2.24) is 0 Å². The molecular weight excluding hydrogens is 156 g/mol. The molecule has 0 bridgehead atoms. The lowest BCUT2D eigenvalue weighted by atomic mass is 9.61. The largest absolute Gasteiger partial charge is 0.481 e. The van der Waals surface area contributed by atoms with Gasteiger partial charge in [-0.25, -0.2) is 0 Å². The maximum atomic E-state index is 11.0. The number of ketones is 1. The molecule has 3 nitrogen and oxygen atoms in total. The molecule has 2 fully saturated rings. The van der Waals surface area contributed by atoms with Crippen LogP contribution in [0.4, 0.5) is 0 Å². The fraction of sp³-hybridized carbons (Fsp3) is 0.778. The third-order valence-corrected chi connectivity index (χ3v) is 3.21. The van der Waals surface area contributed by atoms with E-state index >= 15 is 0 Å². The van der Waals surface area contributed by atoms with Gasteiger partial charge in [0.05, 0.1) is 5.92 Å². The SMILES string of the molecule is O=C1CCC2(C1)CC(C(=O)O)C2. The fourth-order valence-electron chi connectivity index (χ4n) is 2.51. The van der Waals surface area contributed by atoms with E-state index in [1.54, 1.807) is 0 Å². The maximum Gasteiger partial charge on any atom is 0.306 e. The molecule has 66 valence electrons. The van der Waals surface area contributed by atoms with Crippen LogP contribution in [0.25, 0.3) is 0 Å². The van der Waals surface area contributed by atoms with Crippen LogP contribution in [0.3, 0.4) is 0 Å². The summed E-state index contributed by atoms with van der Waals surface area (Å²) >= 11 is 0. The summed E-state index contributed by atoms with van der Waals surface area (Å²) in [5.41, 5.74) is 0.111. The molecular formula is C9H12O3. The van der Waals surface area contributed by atoms with E-state index in [1.165, 1.54) is 0 Å². The van der Waals surface area contributed by atoms with Crippen LogP contribution in [0.1, 0.15) is 32.1 Å². The lowest BCUT2D eigenvalue weighted by Crippen LogP contribution is -2.39. The molecule has 1 N–H and O–H groups in total. The molecule has 3 heteroatoms. The van der Waals surface area contributed by atoms with E-state index in [2.05, 4.69) is 0 Å². The second-order valence-corrected chi connectivity index (χ2v) is 4.16. The minimum Gasteiger partial charge on any atom is -0.481 e. The third-order valence-electron chi connectivity index (χ3n) is 3.21. The van der Waals surface area contributed by atoms with Gasteiger partial charge in [-0.2, -0.15) is 0 Å². The van der Waals surface area contributed by atoms with Crippen molar-refractivity contribution < 1.29 is 14.7 Å². The average Bonchev–Trinajstić information content (AvgIpc) is 2.27. The molecule has 0 aromatic rings. The zero-order chi connectivity index (χ0) is 8.77. The summed E-state index contributed by atoms with van der Waals surface area (Å²) in [6.45, 7) is 0. The Bertz CT molecular complexity index is 238. The number of carboxylic acid groups (broad SMARTS) is 1. The van der Waals surface area contributed by atoms with Gasteiger partial charge in [0.2, 0.25) is 0 Å². The Balaban J connectivity index is 1.95. The molecule has 1 spiro atoms. The first-order valence-corrected chi connectivity index (χ1v) is 4.36. The summed E-state index contributed by atoms with van der Waals surface area (Å²) in [5, 5.41) is 8.66. The molecule has 2 aliphatic rings. The first-order valence-electron chi connectivity index (χ1n) is 4.36. The van der Waals surface area contributed by atoms with E-state index < -0.39 is 5.97 Å². The van der Waals surface area contributed by atoms with Crippen molar-refractivity contribution in [1.29, 1.82) is 0 Å². The van der Waals surface area contributed by atoms with Crippen LogP contribution >= 0.6 is 0 Å². The Kier molecular flexibility index (Phi) is 1.50. The van der Waals surface area contributed by atoms with Crippen LogP contribution in [0.5, 0.6) is 0 Å². The van der Waals surface area contributed by atoms with Crippen LogP contribution in [0.2, 0.25) is 0 Å². The number of rotatable bonds is 1. The number of Topliss-reactive ketones (excluding diaryl/α,β-unsaturated/α-hetero) is 1. The summed E-state index contributed by atoms with van der Waals surface area (Å²) < 4.78 is 0. The predicted octanol–water partition coefficient (Wildman–Crippen LogP) is 1.22. The van der Waals surface area contributed by atoms with Gasteiger partial charge in [0, 0.05) is 12.8 Å². The Morgan fingerprint density at radius 2 is 2.17 bits per heavy atom. The zero-order valence-electron chi connectivity index (χ0n) is 6.88. The lowest BCUT2D eigenvalue weighted by molar-refractivity contribution is -0.150. The van der Waals surface area contributed by atoms with Crippen molar-refractivity contribution >= 4 is 11.8 Å². The molecule has 0 heterocycles. The number of carboxylic acids is 1. The first-order chi connectivity index (χ1) is 5.61. The van der Waals surface area contributed by atoms with Gasteiger partial charge in [0.1, 0.15) is 5.78 Å². The van der Waals surface area contributed by atoms with Gasteiger partial charge < -0.3 is 5.11 Å². The topological polar surface area (TPSA) is 54.4 Å². The third kappa shape index (κ3) is 1.04. The van der Waals surface area contributed by atoms with Gasteiger partial charge in [-0.3, -0.25) is 9.59 Å². The van der Waals surface area contributed by atoms with Gasteiger partial charge in [0.15, 0.2) is 0 Å². The Morgan fingerprint density at radius 3 is 2.58 bits per heavy atom. The molecule has 0 aromatic carbocycles. The van der Waals surface area contributed by atoms with E-state index in [0.717, 1.165) is 19.3 Å². The predicted molar refractivity (Wildman–Crippen MR) is 41.7 cm³/mol. The molecule has 0 saturated heterocycles. The second kappa shape index (κ2) is 2.31. The fourth-order valence-corrected chi connectivity index (χ4v) is 2.51. The second-order valence-electron chi connectivity index (χ2n) is 4.16. The van der Waals surface area contributed by atoms with Gasteiger partial charge in [0.25, 0.3) is 0 Å². The number of carbonyl (C=O) groups excluding carboxylic acids is 1. The van der Waals surface area contributed by atoms with E-state index in [4.69, 9.17) is 5.11 Å². The number of hydrogen-bond acceptors (Lipinski definition) is 2. The molecule has 0 aromatic heterocycles. The van der Waals surface area contributed by atoms with Crippen molar-refractivity contribution in [2.24, 2.45) is 11.3 Å². The highest BCUT2D eigenvalue weighted by molar-refractivity contribution is 5.82. The monoisotopic (exact) mass is 168 g/mol. The van der Waals surface area contributed by atoms with E-state index in [-0.39, 0.29) is 11.3 Å². The maximum absolute atomic E-state index is 11.0. The van der Waals surface area contributed by atoms with Crippen molar-refractivity contribution in [2.75, 3.05) is 0 Å². The number of carbonyl (C=O) groups is 2. The number of hydrogen-bond donors (Lipinski definition) is 1. The quantitative estimate of drug-likeness (QED) is 0.640. The van der Waals surface area contributed by atoms with E-state index in [0.29, 0.717) is 18.6 Å². The van der Waals surface area contributed by atoms with Crippen LogP contribution < -0.4 is 0 Å². The van der Waals surface area contributed by atoms with Crippen LogP contribution in [0.15, 0.2) is 0 Å².